The molecule has 1 atom stereocenters. The van der Waals surface area contributed by atoms with E-state index in [2.05, 4.69) is 26.5 Å². The van der Waals surface area contributed by atoms with Crippen molar-refractivity contribution in [3.8, 4) is 0 Å². The Morgan fingerprint density at radius 3 is 2.80 bits per heavy atom. The van der Waals surface area contributed by atoms with Crippen molar-refractivity contribution in [1.82, 2.24) is 0 Å². The van der Waals surface area contributed by atoms with Crippen LogP contribution in [-0.2, 0) is 9.53 Å². The Bertz CT molecular complexity index is 302. The monoisotopic (exact) mass is 208 g/mol. The van der Waals surface area contributed by atoms with Crippen molar-refractivity contribution in [2.45, 2.75) is 46.5 Å². The number of carbonyl (C=O) groups excluding carboxylic acids is 1. The molecule has 0 aliphatic heterocycles. The van der Waals surface area contributed by atoms with Gasteiger partial charge in [-0.2, -0.15) is 0 Å². The van der Waals surface area contributed by atoms with Crippen molar-refractivity contribution in [2.75, 3.05) is 0 Å². The summed E-state index contributed by atoms with van der Waals surface area (Å²) in [5, 5.41) is 0. The second-order valence-electron chi connectivity index (χ2n) is 4.82. The first-order valence-electron chi connectivity index (χ1n) is 5.46. The van der Waals surface area contributed by atoms with Crippen LogP contribution in [0.1, 0.15) is 46.5 Å². The van der Waals surface area contributed by atoms with E-state index in [1.165, 1.54) is 12.5 Å². The minimum Gasteiger partial charge on any atom is -0.432 e. The number of ether oxygens (including phenoxy) is 1. The van der Waals surface area contributed by atoms with Gasteiger partial charge in [-0.3, -0.25) is 4.79 Å². The summed E-state index contributed by atoms with van der Waals surface area (Å²) in [4.78, 5) is 10.8. The molecule has 0 fully saturated rings. The third-order valence-electron chi connectivity index (χ3n) is 2.85. The molecule has 15 heavy (non-hydrogen) atoms. The molecule has 0 N–H and O–H groups in total. The van der Waals surface area contributed by atoms with E-state index in [4.69, 9.17) is 4.74 Å². The third-order valence-corrected chi connectivity index (χ3v) is 2.85. The van der Waals surface area contributed by atoms with Crippen LogP contribution >= 0.6 is 0 Å². The van der Waals surface area contributed by atoms with Gasteiger partial charge in [0.1, 0.15) is 5.76 Å². The van der Waals surface area contributed by atoms with Crippen LogP contribution in [0.15, 0.2) is 24.0 Å². The Morgan fingerprint density at radius 1 is 1.60 bits per heavy atom. The molecule has 2 heteroatoms. The Hall–Kier alpha value is -1.05. The maximum absolute atomic E-state index is 10.8. The van der Waals surface area contributed by atoms with Gasteiger partial charge in [0.15, 0.2) is 0 Å². The average molecular weight is 208 g/mol. The van der Waals surface area contributed by atoms with E-state index in [9.17, 15) is 4.79 Å². The van der Waals surface area contributed by atoms with Crippen LogP contribution in [0.4, 0.5) is 0 Å². The number of rotatable bonds is 4. The van der Waals surface area contributed by atoms with Gasteiger partial charge in [-0.25, -0.2) is 0 Å². The van der Waals surface area contributed by atoms with Gasteiger partial charge in [0.05, 0.1) is 0 Å². The SMILES string of the molecule is C=C(C)CCC1(C)C=C(OC(C)=O)CC1. The number of hydrogen-bond acceptors (Lipinski definition) is 2. The molecule has 0 saturated carbocycles. The third kappa shape index (κ3) is 3.90. The van der Waals surface area contributed by atoms with Crippen molar-refractivity contribution in [2.24, 2.45) is 5.41 Å². The largest absolute Gasteiger partial charge is 0.432 e. The van der Waals surface area contributed by atoms with E-state index in [1.807, 2.05) is 0 Å². The van der Waals surface area contributed by atoms with Crippen molar-refractivity contribution in [1.29, 1.82) is 0 Å². The van der Waals surface area contributed by atoms with E-state index >= 15 is 0 Å². The molecule has 0 amide bonds. The van der Waals surface area contributed by atoms with Crippen molar-refractivity contribution in [3.05, 3.63) is 24.0 Å². The smallest absolute Gasteiger partial charge is 0.307 e. The van der Waals surface area contributed by atoms with E-state index in [0.29, 0.717) is 0 Å². The normalized spacial score (nSPS) is 24.9. The molecule has 1 aliphatic rings. The van der Waals surface area contributed by atoms with E-state index in [-0.39, 0.29) is 11.4 Å². The summed E-state index contributed by atoms with van der Waals surface area (Å²) < 4.78 is 5.11. The Balaban J connectivity index is 2.53. The van der Waals surface area contributed by atoms with Crippen LogP contribution in [0.3, 0.4) is 0 Å². The second-order valence-corrected chi connectivity index (χ2v) is 4.82. The molecule has 0 bridgehead atoms. The summed E-state index contributed by atoms with van der Waals surface area (Å²) in [6, 6.07) is 0. The van der Waals surface area contributed by atoms with Crippen LogP contribution < -0.4 is 0 Å². The molecule has 0 heterocycles. The van der Waals surface area contributed by atoms with Crippen LogP contribution in [-0.4, -0.2) is 5.97 Å². The summed E-state index contributed by atoms with van der Waals surface area (Å²) in [7, 11) is 0. The summed E-state index contributed by atoms with van der Waals surface area (Å²) in [5.74, 6) is 0.622. The topological polar surface area (TPSA) is 26.3 Å². The highest BCUT2D eigenvalue weighted by Gasteiger charge is 2.29. The minimum atomic E-state index is -0.217. The standard InChI is InChI=1S/C13H20O2/c1-10(2)5-7-13(4)8-6-12(9-13)15-11(3)14/h9H,1,5-8H2,2-4H3. The predicted molar refractivity (Wildman–Crippen MR) is 61.2 cm³/mol. The minimum absolute atomic E-state index is 0.184. The first-order valence-corrected chi connectivity index (χ1v) is 5.46. The van der Waals surface area contributed by atoms with E-state index in [0.717, 1.165) is 31.4 Å². The van der Waals surface area contributed by atoms with Gasteiger partial charge in [-0.1, -0.05) is 12.5 Å². The molecular weight excluding hydrogens is 188 g/mol. The van der Waals surface area contributed by atoms with Gasteiger partial charge in [-0.15, -0.1) is 6.58 Å². The average Bonchev–Trinajstić information content (AvgIpc) is 2.44. The molecule has 2 nitrogen and oxygen atoms in total. The highest BCUT2D eigenvalue weighted by molar-refractivity contribution is 5.67. The molecule has 0 aromatic rings. The Morgan fingerprint density at radius 2 is 2.27 bits per heavy atom. The highest BCUT2D eigenvalue weighted by atomic mass is 16.5. The molecule has 0 aromatic carbocycles. The molecule has 1 unspecified atom stereocenters. The van der Waals surface area contributed by atoms with Crippen LogP contribution in [0.25, 0.3) is 0 Å². The first-order chi connectivity index (χ1) is 6.91. The molecule has 1 rings (SSSR count). The Kier molecular flexibility index (Phi) is 3.72. The van der Waals surface area contributed by atoms with Gasteiger partial charge in [-0.05, 0) is 37.7 Å². The van der Waals surface area contributed by atoms with Gasteiger partial charge in [0.2, 0.25) is 0 Å². The quantitative estimate of drug-likeness (QED) is 0.521. The molecule has 84 valence electrons. The molecule has 1 aliphatic carbocycles. The van der Waals surface area contributed by atoms with Crippen molar-refractivity contribution in [3.63, 3.8) is 0 Å². The van der Waals surface area contributed by atoms with Crippen molar-refractivity contribution < 1.29 is 9.53 Å². The molecular formula is C13H20O2. The summed E-state index contributed by atoms with van der Waals surface area (Å²) in [6.07, 6.45) is 6.19. The lowest BCUT2D eigenvalue weighted by Gasteiger charge is -2.20. The summed E-state index contributed by atoms with van der Waals surface area (Å²) in [5.41, 5.74) is 1.40. The summed E-state index contributed by atoms with van der Waals surface area (Å²) in [6.45, 7) is 9.62. The lowest BCUT2D eigenvalue weighted by Crippen LogP contribution is -2.09. The molecule has 0 radical (unpaired) electrons. The van der Waals surface area contributed by atoms with Gasteiger partial charge in [0.25, 0.3) is 0 Å². The number of hydrogen-bond donors (Lipinski definition) is 0. The van der Waals surface area contributed by atoms with E-state index in [1.54, 1.807) is 0 Å². The van der Waals surface area contributed by atoms with Gasteiger partial charge < -0.3 is 4.74 Å². The predicted octanol–water partition coefficient (Wildman–Crippen LogP) is 3.59. The zero-order valence-electron chi connectivity index (χ0n) is 9.93. The fourth-order valence-electron chi connectivity index (χ4n) is 1.90. The maximum atomic E-state index is 10.8. The second kappa shape index (κ2) is 4.65. The summed E-state index contributed by atoms with van der Waals surface area (Å²) >= 11 is 0. The molecule has 0 spiro atoms. The lowest BCUT2D eigenvalue weighted by atomic mass is 9.84. The zero-order valence-corrected chi connectivity index (χ0v) is 9.93. The molecule has 0 saturated heterocycles. The van der Waals surface area contributed by atoms with Crippen LogP contribution in [0.5, 0.6) is 0 Å². The fraction of sp³-hybridized carbons (Fsp3) is 0.615. The van der Waals surface area contributed by atoms with Crippen LogP contribution in [0.2, 0.25) is 0 Å². The lowest BCUT2D eigenvalue weighted by molar-refractivity contribution is -0.136. The van der Waals surface area contributed by atoms with Gasteiger partial charge >= 0.3 is 5.97 Å². The van der Waals surface area contributed by atoms with E-state index < -0.39 is 0 Å². The Labute approximate surface area is 92.0 Å². The maximum Gasteiger partial charge on any atom is 0.307 e. The zero-order chi connectivity index (χ0) is 11.5. The van der Waals surface area contributed by atoms with Crippen molar-refractivity contribution >= 4 is 5.97 Å². The van der Waals surface area contributed by atoms with Crippen LogP contribution in [0, 0.1) is 5.41 Å². The molecule has 0 aromatic heterocycles. The highest BCUT2D eigenvalue weighted by Crippen LogP contribution is 2.40. The van der Waals surface area contributed by atoms with Gasteiger partial charge in [0, 0.05) is 13.3 Å². The number of carbonyl (C=O) groups is 1. The fourth-order valence-corrected chi connectivity index (χ4v) is 1.90. The first kappa shape index (κ1) is 12.0. The number of esters is 1. The number of allylic oxidation sites excluding steroid dienone is 3.